The molecule has 0 bridgehead atoms. The second-order valence-corrected chi connectivity index (χ2v) is 5.17. The predicted molar refractivity (Wildman–Crippen MR) is 58.8 cm³/mol. The summed E-state index contributed by atoms with van der Waals surface area (Å²) in [5.41, 5.74) is 0. The van der Waals surface area contributed by atoms with E-state index in [1.54, 1.807) is 0 Å². The minimum absolute atomic E-state index is 0. The van der Waals surface area contributed by atoms with E-state index in [1.165, 1.54) is 25.7 Å². The zero-order valence-electron chi connectivity index (χ0n) is 10.4. The summed E-state index contributed by atoms with van der Waals surface area (Å²) in [4.78, 5) is 0. The van der Waals surface area contributed by atoms with Crippen LogP contribution >= 0.6 is 0 Å². The zero-order chi connectivity index (χ0) is 11.6. The molecule has 0 aliphatic carbocycles. The van der Waals surface area contributed by atoms with Gasteiger partial charge in [0.05, 0.1) is 22.5 Å². The van der Waals surface area contributed by atoms with Gasteiger partial charge in [-0.2, -0.15) is 0 Å². The van der Waals surface area contributed by atoms with Crippen molar-refractivity contribution < 1.29 is 47.3 Å². The van der Waals surface area contributed by atoms with Crippen LogP contribution in [-0.4, -0.2) is 31.9 Å². The van der Waals surface area contributed by atoms with Crippen molar-refractivity contribution in [3.8, 4) is 0 Å². The smallest absolute Gasteiger partial charge is 0.748 e. The number of ether oxygens (including phenoxy) is 1. The molecule has 0 atom stereocenters. The van der Waals surface area contributed by atoms with Gasteiger partial charge in [-0.1, -0.05) is 39.0 Å². The Balaban J connectivity index is 0. The van der Waals surface area contributed by atoms with Crippen molar-refractivity contribution in [3.05, 3.63) is 0 Å². The molecule has 0 radical (unpaired) electrons. The summed E-state index contributed by atoms with van der Waals surface area (Å²) in [7, 11) is -4.10. The maximum absolute atomic E-state index is 10.2. The van der Waals surface area contributed by atoms with Gasteiger partial charge in [-0.05, 0) is 6.42 Å². The molecule has 4 nitrogen and oxygen atoms in total. The molecule has 6 heteroatoms. The molecular formula is C10H21NaO4S. The number of hydrogen-bond donors (Lipinski definition) is 0. The summed E-state index contributed by atoms with van der Waals surface area (Å²) >= 11 is 0. The van der Waals surface area contributed by atoms with Crippen molar-refractivity contribution in [1.29, 1.82) is 0 Å². The fraction of sp³-hybridized carbons (Fsp3) is 1.00. The van der Waals surface area contributed by atoms with Crippen molar-refractivity contribution in [1.82, 2.24) is 0 Å². The molecule has 0 aromatic carbocycles. The molecule has 0 heterocycles. The Bertz CT molecular complexity index is 229. The van der Waals surface area contributed by atoms with Crippen LogP contribution in [0.25, 0.3) is 0 Å². The van der Waals surface area contributed by atoms with E-state index in [9.17, 15) is 13.0 Å². The van der Waals surface area contributed by atoms with Gasteiger partial charge < -0.3 is 9.29 Å². The van der Waals surface area contributed by atoms with E-state index in [-0.39, 0.29) is 36.2 Å². The Morgan fingerprint density at radius 3 is 2.12 bits per heavy atom. The Hall–Kier alpha value is 0.870. The summed E-state index contributed by atoms with van der Waals surface area (Å²) in [6.07, 6.45) is 7.03. The molecule has 0 aromatic heterocycles. The van der Waals surface area contributed by atoms with Gasteiger partial charge in [0.1, 0.15) is 0 Å². The van der Waals surface area contributed by atoms with Gasteiger partial charge >= 0.3 is 29.6 Å². The molecule has 0 aliphatic rings. The third kappa shape index (κ3) is 17.3. The van der Waals surface area contributed by atoms with Crippen LogP contribution in [0.5, 0.6) is 0 Å². The van der Waals surface area contributed by atoms with Crippen molar-refractivity contribution in [2.24, 2.45) is 0 Å². The fourth-order valence-electron chi connectivity index (χ4n) is 1.25. The third-order valence-corrected chi connectivity index (χ3v) is 2.79. The maximum Gasteiger partial charge on any atom is 1.00 e. The third-order valence-electron chi connectivity index (χ3n) is 2.12. The van der Waals surface area contributed by atoms with Gasteiger partial charge in [-0.3, -0.25) is 0 Å². The topological polar surface area (TPSA) is 66.4 Å². The standard InChI is InChI=1S/C10H22O4S.Na/c1-2-3-4-5-6-7-8-14-9-10-15(11,12)13;/h2-10H2,1H3,(H,11,12,13);/q;+1/p-1. The molecule has 0 aromatic rings. The first-order chi connectivity index (χ1) is 7.06. The first kappa shape index (κ1) is 19.2. The van der Waals surface area contributed by atoms with Crippen molar-refractivity contribution >= 4 is 10.1 Å². The second-order valence-electron chi connectivity index (χ2n) is 3.64. The molecule has 0 unspecified atom stereocenters. The number of unbranched alkanes of at least 4 members (excludes halogenated alkanes) is 5. The van der Waals surface area contributed by atoms with Crippen LogP contribution in [0.3, 0.4) is 0 Å². The summed E-state index contributed by atoms with van der Waals surface area (Å²) in [6, 6.07) is 0. The Morgan fingerprint density at radius 2 is 1.56 bits per heavy atom. The molecular weight excluding hydrogens is 239 g/mol. The number of rotatable bonds is 10. The van der Waals surface area contributed by atoms with Gasteiger partial charge in [0, 0.05) is 6.61 Å². The van der Waals surface area contributed by atoms with Crippen molar-refractivity contribution in [2.75, 3.05) is 19.0 Å². The monoisotopic (exact) mass is 260 g/mol. The molecule has 0 aliphatic heterocycles. The first-order valence-corrected chi connectivity index (χ1v) is 7.15. The molecule has 0 amide bonds. The minimum Gasteiger partial charge on any atom is -0.748 e. The number of hydrogen-bond acceptors (Lipinski definition) is 4. The summed E-state index contributed by atoms with van der Waals surface area (Å²) in [6.45, 7) is 2.76. The van der Waals surface area contributed by atoms with Gasteiger partial charge in [0.25, 0.3) is 0 Å². The normalized spacial score (nSPS) is 11.1. The quantitative estimate of drug-likeness (QED) is 0.284. The molecule has 92 valence electrons. The SMILES string of the molecule is CCCCCCCCOCCS(=O)(=O)[O-].[Na+]. The van der Waals surface area contributed by atoms with Gasteiger partial charge in [-0.25, -0.2) is 8.42 Å². The molecule has 0 fully saturated rings. The van der Waals surface area contributed by atoms with Crippen LogP contribution in [-0.2, 0) is 14.9 Å². The van der Waals surface area contributed by atoms with E-state index >= 15 is 0 Å². The van der Waals surface area contributed by atoms with Crippen molar-refractivity contribution in [2.45, 2.75) is 45.4 Å². The van der Waals surface area contributed by atoms with Gasteiger partial charge in [-0.15, -0.1) is 0 Å². The van der Waals surface area contributed by atoms with Crippen LogP contribution in [0, 0.1) is 0 Å². The predicted octanol–water partition coefficient (Wildman–Crippen LogP) is -1.09. The second kappa shape index (κ2) is 12.3. The largest absolute Gasteiger partial charge is 1.00 e. The van der Waals surface area contributed by atoms with Crippen LogP contribution in [0.15, 0.2) is 0 Å². The summed E-state index contributed by atoms with van der Waals surface area (Å²) < 4.78 is 35.6. The van der Waals surface area contributed by atoms with E-state index in [4.69, 9.17) is 4.74 Å². The molecule has 16 heavy (non-hydrogen) atoms. The van der Waals surface area contributed by atoms with Crippen LogP contribution < -0.4 is 29.6 Å². The summed E-state index contributed by atoms with van der Waals surface area (Å²) in [5.74, 6) is -0.414. The Morgan fingerprint density at radius 1 is 1.00 bits per heavy atom. The van der Waals surface area contributed by atoms with E-state index in [1.807, 2.05) is 0 Å². The van der Waals surface area contributed by atoms with Gasteiger partial charge in [0.2, 0.25) is 0 Å². The van der Waals surface area contributed by atoms with E-state index < -0.39 is 15.9 Å². The van der Waals surface area contributed by atoms with Crippen LogP contribution in [0.1, 0.15) is 45.4 Å². The maximum atomic E-state index is 10.2. The fourth-order valence-corrected chi connectivity index (χ4v) is 1.57. The molecule has 0 saturated heterocycles. The molecule has 0 N–H and O–H groups in total. The average Bonchev–Trinajstić information content (AvgIpc) is 2.14. The average molecular weight is 260 g/mol. The Labute approximate surface area is 121 Å². The van der Waals surface area contributed by atoms with E-state index in [2.05, 4.69) is 6.92 Å². The van der Waals surface area contributed by atoms with Crippen LogP contribution in [0.2, 0.25) is 0 Å². The van der Waals surface area contributed by atoms with Crippen molar-refractivity contribution in [3.63, 3.8) is 0 Å². The van der Waals surface area contributed by atoms with Gasteiger partial charge in [0.15, 0.2) is 0 Å². The van der Waals surface area contributed by atoms with Crippen LogP contribution in [0.4, 0.5) is 0 Å². The first-order valence-electron chi connectivity index (χ1n) is 5.57. The van der Waals surface area contributed by atoms with E-state index in [0.29, 0.717) is 6.61 Å². The molecule has 0 rings (SSSR count). The minimum atomic E-state index is -4.10. The van der Waals surface area contributed by atoms with E-state index in [0.717, 1.165) is 12.8 Å². The Kier molecular flexibility index (Phi) is 14.8. The molecule has 0 saturated carbocycles. The zero-order valence-corrected chi connectivity index (χ0v) is 13.2. The molecule has 0 spiro atoms. The summed E-state index contributed by atoms with van der Waals surface area (Å²) in [5, 5.41) is 0.